The summed E-state index contributed by atoms with van der Waals surface area (Å²) < 4.78 is 15.6. The predicted molar refractivity (Wildman–Crippen MR) is 65.2 cm³/mol. The van der Waals surface area contributed by atoms with E-state index < -0.39 is 0 Å². The molecule has 0 amide bonds. The van der Waals surface area contributed by atoms with E-state index in [9.17, 15) is 0 Å². The van der Waals surface area contributed by atoms with Gasteiger partial charge in [0.15, 0.2) is 0 Å². The largest absolute Gasteiger partial charge is 0.432 e. The highest BCUT2D eigenvalue weighted by molar-refractivity contribution is 5.26. The highest BCUT2D eigenvalue weighted by Crippen LogP contribution is 2.13. The second-order valence-corrected chi connectivity index (χ2v) is 3.62. The molecule has 6 nitrogen and oxygen atoms in total. The van der Waals surface area contributed by atoms with Crippen LogP contribution in [0.25, 0.3) is 0 Å². The molecule has 0 aliphatic rings. The van der Waals surface area contributed by atoms with Crippen LogP contribution in [0.4, 0.5) is 6.01 Å². The summed E-state index contributed by atoms with van der Waals surface area (Å²) in [6.45, 7) is 3.44. The van der Waals surface area contributed by atoms with Gasteiger partial charge < -0.3 is 24.1 Å². The Morgan fingerprint density at radius 1 is 1.29 bits per heavy atom. The van der Waals surface area contributed by atoms with E-state index in [1.807, 2.05) is 11.9 Å². The van der Waals surface area contributed by atoms with Crippen LogP contribution in [-0.4, -0.2) is 52.6 Å². The molecule has 17 heavy (non-hydrogen) atoms. The Labute approximate surface area is 102 Å². The molecule has 0 unspecified atom stereocenters. The maximum atomic E-state index is 5.44. The second kappa shape index (κ2) is 8.05. The Bertz CT molecular complexity index is 296. The third-order valence-electron chi connectivity index (χ3n) is 2.30. The van der Waals surface area contributed by atoms with Crippen molar-refractivity contribution in [3.8, 4) is 0 Å². The highest BCUT2D eigenvalue weighted by Gasteiger charge is 2.12. The fourth-order valence-electron chi connectivity index (χ4n) is 1.41. The lowest BCUT2D eigenvalue weighted by Crippen LogP contribution is -2.30. The molecule has 1 aromatic heterocycles. The van der Waals surface area contributed by atoms with Crippen LogP contribution in [-0.2, 0) is 16.0 Å². The number of anilines is 1. The summed E-state index contributed by atoms with van der Waals surface area (Å²) in [6, 6.07) is 0.615. The van der Waals surface area contributed by atoms with Crippen LogP contribution in [0.15, 0.2) is 10.7 Å². The summed E-state index contributed by atoms with van der Waals surface area (Å²) in [4.78, 5) is 6.40. The number of oxazole rings is 1. The van der Waals surface area contributed by atoms with Gasteiger partial charge in [-0.25, -0.2) is 0 Å². The minimum absolute atomic E-state index is 0.615. The number of ether oxygens (including phenoxy) is 2. The Morgan fingerprint density at radius 2 is 1.94 bits per heavy atom. The number of hydrogen-bond acceptors (Lipinski definition) is 6. The number of nitrogens with one attached hydrogen (secondary N) is 1. The fourth-order valence-corrected chi connectivity index (χ4v) is 1.41. The standard InChI is InChI=1S/C11H21N3O3/c1-12-8-10-9-17-11(13-10)14(4-6-15-2)5-7-16-3/h9,12H,4-8H2,1-3H3. The number of hydrogen-bond donors (Lipinski definition) is 1. The molecular formula is C11H21N3O3. The number of rotatable bonds is 9. The van der Waals surface area contributed by atoms with E-state index in [0.29, 0.717) is 25.8 Å². The van der Waals surface area contributed by atoms with Crippen molar-refractivity contribution in [3.63, 3.8) is 0 Å². The molecule has 0 bridgehead atoms. The van der Waals surface area contributed by atoms with Gasteiger partial charge in [-0.3, -0.25) is 0 Å². The number of nitrogens with zero attached hydrogens (tertiary/aromatic N) is 2. The first-order valence-corrected chi connectivity index (χ1v) is 5.63. The Balaban J connectivity index is 2.58. The van der Waals surface area contributed by atoms with Crippen LogP contribution in [0.1, 0.15) is 5.69 Å². The van der Waals surface area contributed by atoms with Crippen LogP contribution < -0.4 is 10.2 Å². The lowest BCUT2D eigenvalue weighted by atomic mass is 10.5. The van der Waals surface area contributed by atoms with Crippen LogP contribution >= 0.6 is 0 Å². The van der Waals surface area contributed by atoms with Gasteiger partial charge in [-0.15, -0.1) is 0 Å². The molecule has 1 rings (SSSR count). The van der Waals surface area contributed by atoms with Gasteiger partial charge in [-0.05, 0) is 7.05 Å². The van der Waals surface area contributed by atoms with E-state index >= 15 is 0 Å². The number of methoxy groups -OCH3 is 2. The molecule has 6 heteroatoms. The van der Waals surface area contributed by atoms with Gasteiger partial charge >= 0.3 is 0 Å². The van der Waals surface area contributed by atoms with Crippen LogP contribution in [0.2, 0.25) is 0 Å². The molecule has 98 valence electrons. The normalized spacial score (nSPS) is 10.8. The highest BCUT2D eigenvalue weighted by atomic mass is 16.5. The summed E-state index contributed by atoms with van der Waals surface area (Å²) in [6.07, 6.45) is 1.67. The van der Waals surface area contributed by atoms with Crippen molar-refractivity contribution in [2.24, 2.45) is 0 Å². The first-order chi connectivity index (χ1) is 8.31. The third kappa shape index (κ3) is 4.72. The maximum Gasteiger partial charge on any atom is 0.297 e. The van der Waals surface area contributed by atoms with Crippen molar-refractivity contribution in [3.05, 3.63) is 12.0 Å². The van der Waals surface area contributed by atoms with Gasteiger partial charge in [0.2, 0.25) is 0 Å². The monoisotopic (exact) mass is 243 g/mol. The smallest absolute Gasteiger partial charge is 0.297 e. The van der Waals surface area contributed by atoms with Crippen molar-refractivity contribution < 1.29 is 13.9 Å². The van der Waals surface area contributed by atoms with Gasteiger partial charge in [0.05, 0.1) is 18.9 Å². The molecule has 0 saturated carbocycles. The Morgan fingerprint density at radius 3 is 2.47 bits per heavy atom. The van der Waals surface area contributed by atoms with E-state index in [-0.39, 0.29) is 0 Å². The molecule has 0 aromatic carbocycles. The zero-order chi connectivity index (χ0) is 12.5. The molecule has 0 saturated heterocycles. The quantitative estimate of drug-likeness (QED) is 0.681. The van der Waals surface area contributed by atoms with Gasteiger partial charge in [-0.1, -0.05) is 0 Å². The molecule has 0 spiro atoms. The van der Waals surface area contributed by atoms with Crippen molar-refractivity contribution in [1.82, 2.24) is 10.3 Å². The van der Waals surface area contributed by atoms with Gasteiger partial charge in [0.25, 0.3) is 6.01 Å². The summed E-state index contributed by atoms with van der Waals surface area (Å²) in [5, 5.41) is 3.03. The molecule has 1 aromatic rings. The van der Waals surface area contributed by atoms with E-state index in [0.717, 1.165) is 18.8 Å². The fraction of sp³-hybridized carbons (Fsp3) is 0.727. The van der Waals surface area contributed by atoms with Crippen LogP contribution in [0.5, 0.6) is 0 Å². The van der Waals surface area contributed by atoms with E-state index in [2.05, 4.69) is 10.3 Å². The van der Waals surface area contributed by atoms with Crippen molar-refractivity contribution in [2.45, 2.75) is 6.54 Å². The van der Waals surface area contributed by atoms with Crippen molar-refractivity contribution in [1.29, 1.82) is 0 Å². The lowest BCUT2D eigenvalue weighted by molar-refractivity contribution is 0.188. The van der Waals surface area contributed by atoms with E-state index in [1.54, 1.807) is 20.5 Å². The molecule has 0 atom stereocenters. The minimum Gasteiger partial charge on any atom is -0.432 e. The first-order valence-electron chi connectivity index (χ1n) is 5.63. The Kier molecular flexibility index (Phi) is 6.61. The zero-order valence-electron chi connectivity index (χ0n) is 10.7. The topological polar surface area (TPSA) is 59.8 Å². The van der Waals surface area contributed by atoms with Gasteiger partial charge in [0.1, 0.15) is 6.26 Å². The summed E-state index contributed by atoms with van der Waals surface area (Å²) in [5.74, 6) is 0. The average molecular weight is 243 g/mol. The Hall–Kier alpha value is -1.11. The number of aromatic nitrogens is 1. The van der Waals surface area contributed by atoms with Crippen LogP contribution in [0.3, 0.4) is 0 Å². The molecule has 0 fully saturated rings. The van der Waals surface area contributed by atoms with Crippen molar-refractivity contribution in [2.75, 3.05) is 52.5 Å². The maximum absolute atomic E-state index is 5.44. The van der Waals surface area contributed by atoms with Gasteiger partial charge in [0, 0.05) is 33.9 Å². The molecule has 0 radical (unpaired) electrons. The zero-order valence-corrected chi connectivity index (χ0v) is 10.7. The molecule has 1 N–H and O–H groups in total. The van der Waals surface area contributed by atoms with Crippen molar-refractivity contribution >= 4 is 6.01 Å². The predicted octanol–water partition coefficient (Wildman–Crippen LogP) is 0.493. The molecule has 0 aliphatic heterocycles. The second-order valence-electron chi connectivity index (χ2n) is 3.62. The summed E-state index contributed by atoms with van der Waals surface area (Å²) in [7, 11) is 5.23. The first kappa shape index (κ1) is 14.0. The minimum atomic E-state index is 0.615. The van der Waals surface area contributed by atoms with E-state index in [1.165, 1.54) is 0 Å². The molecule has 0 aliphatic carbocycles. The molecule has 1 heterocycles. The van der Waals surface area contributed by atoms with Crippen LogP contribution in [0, 0.1) is 0 Å². The lowest BCUT2D eigenvalue weighted by Gasteiger charge is -2.19. The summed E-state index contributed by atoms with van der Waals surface area (Å²) in [5.41, 5.74) is 0.891. The molecular weight excluding hydrogens is 222 g/mol. The SMILES string of the molecule is CNCc1coc(N(CCOC)CCOC)n1. The average Bonchev–Trinajstić information content (AvgIpc) is 2.78. The van der Waals surface area contributed by atoms with Gasteiger partial charge in [-0.2, -0.15) is 4.98 Å². The third-order valence-corrected chi connectivity index (χ3v) is 2.30. The summed E-state index contributed by atoms with van der Waals surface area (Å²) >= 11 is 0. The van der Waals surface area contributed by atoms with E-state index in [4.69, 9.17) is 13.9 Å².